The average Bonchev–Trinajstić information content (AvgIpc) is 2.63. The lowest BCUT2D eigenvalue weighted by molar-refractivity contribution is -0.384. The van der Waals surface area contributed by atoms with E-state index in [0.717, 1.165) is 28.3 Å². The van der Waals surface area contributed by atoms with Crippen molar-refractivity contribution < 1.29 is 9.66 Å². The summed E-state index contributed by atoms with van der Waals surface area (Å²) in [5.74, 6) is 0.796. The van der Waals surface area contributed by atoms with Gasteiger partial charge in [-0.1, -0.05) is 18.2 Å². The average molecular weight is 320 g/mol. The predicted octanol–water partition coefficient (Wildman–Crippen LogP) is 5.01. The van der Waals surface area contributed by atoms with Crippen LogP contribution in [-0.2, 0) is 0 Å². The molecule has 0 aliphatic rings. The zero-order valence-corrected chi connectivity index (χ0v) is 13.1. The number of hydrogen-bond acceptors (Lipinski definition) is 4. The summed E-state index contributed by atoms with van der Waals surface area (Å²) in [6, 6.07) is 22.0. The van der Waals surface area contributed by atoms with Crippen LogP contribution >= 0.6 is 0 Å². The van der Waals surface area contributed by atoms with Crippen LogP contribution in [0.1, 0.15) is 0 Å². The number of benzene rings is 3. The normalized spacial score (nSPS) is 10.2. The van der Waals surface area contributed by atoms with Crippen molar-refractivity contribution in [2.75, 3.05) is 12.4 Å². The van der Waals surface area contributed by atoms with Crippen LogP contribution in [0, 0.1) is 10.1 Å². The summed E-state index contributed by atoms with van der Waals surface area (Å²) in [6.45, 7) is 0. The molecule has 0 aliphatic heterocycles. The third-order valence-corrected chi connectivity index (χ3v) is 3.69. The molecule has 5 nitrogen and oxygen atoms in total. The van der Waals surface area contributed by atoms with Crippen molar-refractivity contribution in [3.63, 3.8) is 0 Å². The van der Waals surface area contributed by atoms with Crippen LogP contribution in [0.15, 0.2) is 72.8 Å². The lowest BCUT2D eigenvalue weighted by atomic mass is 10.0. The molecule has 0 aromatic heterocycles. The number of nitrogens with zero attached hydrogens (tertiary/aromatic N) is 1. The zero-order chi connectivity index (χ0) is 16.9. The first-order chi connectivity index (χ1) is 11.7. The monoisotopic (exact) mass is 320 g/mol. The van der Waals surface area contributed by atoms with Gasteiger partial charge >= 0.3 is 0 Å². The molecule has 3 aromatic carbocycles. The topological polar surface area (TPSA) is 64.4 Å². The number of nitrogens with one attached hydrogen (secondary N) is 1. The van der Waals surface area contributed by atoms with Gasteiger partial charge < -0.3 is 10.1 Å². The molecule has 0 aliphatic carbocycles. The minimum absolute atomic E-state index is 0.0827. The SMILES string of the molecule is COc1ccc(Nc2ccccc2-c2ccc([N+](=O)[O-])cc2)cc1. The fourth-order valence-electron chi connectivity index (χ4n) is 2.44. The highest BCUT2D eigenvalue weighted by atomic mass is 16.6. The number of nitro groups is 1. The van der Waals surface area contributed by atoms with Crippen LogP contribution in [0.5, 0.6) is 5.75 Å². The van der Waals surface area contributed by atoms with Gasteiger partial charge in [0.05, 0.1) is 12.0 Å². The fraction of sp³-hybridized carbons (Fsp3) is 0.0526. The molecule has 0 bridgehead atoms. The van der Waals surface area contributed by atoms with E-state index in [2.05, 4.69) is 5.32 Å². The molecule has 0 saturated heterocycles. The Morgan fingerprint density at radius 2 is 1.58 bits per heavy atom. The molecule has 0 radical (unpaired) electrons. The van der Waals surface area contributed by atoms with Crippen LogP contribution in [0.3, 0.4) is 0 Å². The molecular formula is C19H16N2O3. The molecule has 0 heterocycles. The molecule has 0 atom stereocenters. The van der Waals surface area contributed by atoms with Gasteiger partial charge in [0.2, 0.25) is 0 Å². The molecule has 3 rings (SSSR count). The Morgan fingerprint density at radius 1 is 0.917 bits per heavy atom. The molecule has 0 saturated carbocycles. The van der Waals surface area contributed by atoms with Gasteiger partial charge in [-0.05, 0) is 48.0 Å². The first-order valence-corrected chi connectivity index (χ1v) is 7.42. The van der Waals surface area contributed by atoms with E-state index in [1.165, 1.54) is 12.1 Å². The van der Waals surface area contributed by atoms with Gasteiger partial charge in [0, 0.05) is 29.1 Å². The zero-order valence-electron chi connectivity index (χ0n) is 13.1. The summed E-state index contributed by atoms with van der Waals surface area (Å²) >= 11 is 0. The number of anilines is 2. The Morgan fingerprint density at radius 3 is 2.21 bits per heavy atom. The van der Waals surface area contributed by atoms with E-state index in [0.29, 0.717) is 0 Å². The van der Waals surface area contributed by atoms with Crippen molar-refractivity contribution in [2.24, 2.45) is 0 Å². The Bertz CT molecular complexity index is 843. The fourth-order valence-corrected chi connectivity index (χ4v) is 2.44. The van der Waals surface area contributed by atoms with Crippen LogP contribution in [0.4, 0.5) is 17.1 Å². The summed E-state index contributed by atoms with van der Waals surface area (Å²) in [6.07, 6.45) is 0. The highest BCUT2D eigenvalue weighted by Crippen LogP contribution is 2.31. The second-order valence-corrected chi connectivity index (χ2v) is 5.20. The number of rotatable bonds is 5. The maximum atomic E-state index is 10.8. The first kappa shape index (κ1) is 15.6. The molecule has 0 fully saturated rings. The maximum Gasteiger partial charge on any atom is 0.269 e. The van der Waals surface area contributed by atoms with Gasteiger partial charge in [0.15, 0.2) is 0 Å². The van der Waals surface area contributed by atoms with Crippen molar-refractivity contribution in [1.29, 1.82) is 0 Å². The number of hydrogen-bond donors (Lipinski definition) is 1. The molecule has 0 unspecified atom stereocenters. The van der Waals surface area contributed by atoms with E-state index in [4.69, 9.17) is 4.74 Å². The molecule has 5 heteroatoms. The van der Waals surface area contributed by atoms with E-state index in [1.54, 1.807) is 19.2 Å². The molecule has 0 spiro atoms. The van der Waals surface area contributed by atoms with Crippen LogP contribution < -0.4 is 10.1 Å². The largest absolute Gasteiger partial charge is 0.497 e. The number of para-hydroxylation sites is 1. The van der Waals surface area contributed by atoms with Crippen molar-refractivity contribution >= 4 is 17.1 Å². The second-order valence-electron chi connectivity index (χ2n) is 5.20. The number of non-ortho nitro benzene ring substituents is 1. The van der Waals surface area contributed by atoms with Gasteiger partial charge in [-0.15, -0.1) is 0 Å². The highest BCUT2D eigenvalue weighted by Gasteiger charge is 2.08. The predicted molar refractivity (Wildman–Crippen MR) is 94.8 cm³/mol. The van der Waals surface area contributed by atoms with Gasteiger partial charge in [0.25, 0.3) is 5.69 Å². The summed E-state index contributed by atoms with van der Waals surface area (Å²) in [5, 5.41) is 14.2. The Hall–Kier alpha value is -3.34. The van der Waals surface area contributed by atoms with E-state index in [-0.39, 0.29) is 5.69 Å². The van der Waals surface area contributed by atoms with Crippen LogP contribution in [0.2, 0.25) is 0 Å². The number of nitro benzene ring substituents is 1. The van der Waals surface area contributed by atoms with Crippen LogP contribution in [-0.4, -0.2) is 12.0 Å². The van der Waals surface area contributed by atoms with Gasteiger partial charge in [0.1, 0.15) is 5.75 Å². The van der Waals surface area contributed by atoms with Gasteiger partial charge in [-0.2, -0.15) is 0 Å². The molecule has 0 amide bonds. The van der Waals surface area contributed by atoms with Crippen molar-refractivity contribution in [1.82, 2.24) is 0 Å². The lowest BCUT2D eigenvalue weighted by Crippen LogP contribution is -1.94. The van der Waals surface area contributed by atoms with E-state index >= 15 is 0 Å². The molecular weight excluding hydrogens is 304 g/mol. The summed E-state index contributed by atoms with van der Waals surface area (Å²) in [5.41, 5.74) is 3.83. The van der Waals surface area contributed by atoms with E-state index in [1.807, 2.05) is 48.5 Å². The third kappa shape index (κ3) is 3.35. The highest BCUT2D eigenvalue weighted by molar-refractivity contribution is 5.81. The maximum absolute atomic E-state index is 10.8. The summed E-state index contributed by atoms with van der Waals surface area (Å²) in [7, 11) is 1.63. The third-order valence-electron chi connectivity index (χ3n) is 3.69. The smallest absolute Gasteiger partial charge is 0.269 e. The Balaban J connectivity index is 1.90. The van der Waals surface area contributed by atoms with Crippen molar-refractivity contribution in [3.8, 4) is 16.9 Å². The summed E-state index contributed by atoms with van der Waals surface area (Å²) < 4.78 is 5.16. The second kappa shape index (κ2) is 6.83. The van der Waals surface area contributed by atoms with E-state index in [9.17, 15) is 10.1 Å². The molecule has 24 heavy (non-hydrogen) atoms. The quantitative estimate of drug-likeness (QED) is 0.530. The number of ether oxygens (including phenoxy) is 1. The van der Waals surface area contributed by atoms with Crippen molar-refractivity contribution in [3.05, 3.63) is 82.9 Å². The van der Waals surface area contributed by atoms with Crippen molar-refractivity contribution in [2.45, 2.75) is 0 Å². The minimum Gasteiger partial charge on any atom is -0.497 e. The van der Waals surface area contributed by atoms with Crippen LogP contribution in [0.25, 0.3) is 11.1 Å². The lowest BCUT2D eigenvalue weighted by Gasteiger charge is -2.12. The van der Waals surface area contributed by atoms with Gasteiger partial charge in [-0.25, -0.2) is 0 Å². The van der Waals surface area contributed by atoms with Gasteiger partial charge in [-0.3, -0.25) is 10.1 Å². The van der Waals surface area contributed by atoms with E-state index < -0.39 is 4.92 Å². The first-order valence-electron chi connectivity index (χ1n) is 7.42. The standard InChI is InChI=1S/C19H16N2O3/c1-24-17-12-8-15(9-13-17)20-19-5-3-2-4-18(19)14-6-10-16(11-7-14)21(22)23/h2-13,20H,1H3. The molecule has 120 valence electrons. The minimum atomic E-state index is -0.398. The Labute approximate surface area is 139 Å². The number of methoxy groups -OCH3 is 1. The Kier molecular flexibility index (Phi) is 4.43. The molecule has 1 N–H and O–H groups in total. The molecule has 3 aromatic rings. The summed E-state index contributed by atoms with van der Waals surface area (Å²) in [4.78, 5) is 10.4.